The summed E-state index contributed by atoms with van der Waals surface area (Å²) in [6, 6.07) is 15.3. The van der Waals surface area contributed by atoms with Gasteiger partial charge in [-0.1, -0.05) is 92.3 Å². The molecular formula is C31H34ClN3O4S2. The Morgan fingerprint density at radius 3 is 2.39 bits per heavy atom. The molecule has 3 aromatic rings. The van der Waals surface area contributed by atoms with E-state index in [-0.39, 0.29) is 12.3 Å². The predicted octanol–water partition coefficient (Wildman–Crippen LogP) is 8.00. The fourth-order valence-corrected chi connectivity index (χ4v) is 6.24. The number of carbonyl (C=O) groups excluding carboxylic acids is 1. The van der Waals surface area contributed by atoms with Gasteiger partial charge in [0.15, 0.2) is 0 Å². The zero-order valence-corrected chi connectivity index (χ0v) is 25.4. The number of hydrogen-bond donors (Lipinski definition) is 1. The molecule has 0 saturated carbocycles. The predicted molar refractivity (Wildman–Crippen MR) is 170 cm³/mol. The Morgan fingerprint density at radius 2 is 1.73 bits per heavy atom. The summed E-state index contributed by atoms with van der Waals surface area (Å²) in [6.07, 6.45) is 12.1. The molecule has 41 heavy (non-hydrogen) atoms. The van der Waals surface area contributed by atoms with Crippen LogP contribution in [0.4, 0.5) is 0 Å². The summed E-state index contributed by atoms with van der Waals surface area (Å²) < 4.78 is 7.68. The van der Waals surface area contributed by atoms with E-state index in [2.05, 4.69) is 0 Å². The highest BCUT2D eigenvalue weighted by atomic mass is 35.5. The largest absolute Gasteiger partial charge is 0.495 e. The molecule has 1 N–H and O–H groups in total. The fourth-order valence-electron chi connectivity index (χ4n) is 4.68. The van der Waals surface area contributed by atoms with Crippen LogP contribution in [0.15, 0.2) is 59.6 Å². The minimum Gasteiger partial charge on any atom is -0.495 e. The van der Waals surface area contributed by atoms with Crippen molar-refractivity contribution in [2.75, 3.05) is 13.7 Å². The van der Waals surface area contributed by atoms with Crippen molar-refractivity contribution in [1.29, 1.82) is 0 Å². The zero-order valence-electron chi connectivity index (χ0n) is 23.1. The Labute approximate surface area is 255 Å². The monoisotopic (exact) mass is 611 g/mol. The number of thiocarbonyl (C=S) groups is 1. The molecular weight excluding hydrogens is 578 g/mol. The molecule has 216 valence electrons. The van der Waals surface area contributed by atoms with Gasteiger partial charge < -0.3 is 9.84 Å². The van der Waals surface area contributed by atoms with Crippen molar-refractivity contribution < 1.29 is 19.4 Å². The molecule has 0 unspecified atom stereocenters. The molecule has 1 amide bonds. The van der Waals surface area contributed by atoms with Crippen LogP contribution < -0.4 is 4.74 Å². The van der Waals surface area contributed by atoms with Crippen molar-refractivity contribution in [3.63, 3.8) is 0 Å². The molecule has 0 atom stereocenters. The number of hydrogen-bond acceptors (Lipinski definition) is 6. The fraction of sp³-hybridized carbons (Fsp3) is 0.355. The second-order valence-corrected chi connectivity index (χ2v) is 12.0. The van der Waals surface area contributed by atoms with Gasteiger partial charge in [0, 0.05) is 30.3 Å². The lowest BCUT2D eigenvalue weighted by Crippen LogP contribution is -2.29. The Bertz CT molecular complexity index is 1410. The molecule has 1 aromatic heterocycles. The molecule has 1 aliphatic rings. The maximum atomic E-state index is 13.3. The Kier molecular flexibility index (Phi) is 11.4. The van der Waals surface area contributed by atoms with Gasteiger partial charge in [-0.15, -0.1) is 0 Å². The second-order valence-electron chi connectivity index (χ2n) is 9.87. The first kappa shape index (κ1) is 30.8. The van der Waals surface area contributed by atoms with E-state index in [0.29, 0.717) is 32.2 Å². The van der Waals surface area contributed by atoms with Crippen LogP contribution in [0.5, 0.6) is 5.75 Å². The van der Waals surface area contributed by atoms with Gasteiger partial charge in [-0.2, -0.15) is 5.10 Å². The van der Waals surface area contributed by atoms with Crippen LogP contribution in [0, 0.1) is 0 Å². The number of thioether (sulfide) groups is 1. The molecule has 1 aliphatic heterocycles. The van der Waals surface area contributed by atoms with E-state index in [9.17, 15) is 9.59 Å². The number of nitrogens with zero attached hydrogens (tertiary/aromatic N) is 3. The van der Waals surface area contributed by atoms with Gasteiger partial charge in [-0.3, -0.25) is 14.5 Å². The van der Waals surface area contributed by atoms with Gasteiger partial charge in [0.25, 0.3) is 5.91 Å². The molecule has 2 heterocycles. The highest BCUT2D eigenvalue weighted by molar-refractivity contribution is 8.26. The van der Waals surface area contributed by atoms with E-state index in [1.165, 1.54) is 11.8 Å². The van der Waals surface area contributed by atoms with Gasteiger partial charge in [-0.25, -0.2) is 4.68 Å². The summed E-state index contributed by atoms with van der Waals surface area (Å²) in [4.78, 5) is 26.2. The van der Waals surface area contributed by atoms with E-state index >= 15 is 0 Å². The number of amides is 1. The summed E-state index contributed by atoms with van der Waals surface area (Å²) >= 11 is 13.3. The van der Waals surface area contributed by atoms with Crippen LogP contribution in [-0.2, 0) is 9.59 Å². The summed E-state index contributed by atoms with van der Waals surface area (Å²) in [5, 5.41) is 14.0. The summed E-state index contributed by atoms with van der Waals surface area (Å²) in [7, 11) is 1.58. The quantitative estimate of drug-likeness (QED) is 0.106. The number of methoxy groups -OCH3 is 1. The lowest BCUT2D eigenvalue weighted by atomic mass is 10.1. The lowest BCUT2D eigenvalue weighted by molar-refractivity contribution is -0.137. The van der Waals surface area contributed by atoms with Crippen LogP contribution in [0.3, 0.4) is 0 Å². The first-order chi connectivity index (χ1) is 19.9. The van der Waals surface area contributed by atoms with Crippen LogP contribution in [0.2, 0.25) is 5.02 Å². The highest BCUT2D eigenvalue weighted by Gasteiger charge is 2.32. The molecule has 10 heteroatoms. The molecule has 7 nitrogen and oxygen atoms in total. The molecule has 0 bridgehead atoms. The van der Waals surface area contributed by atoms with Crippen LogP contribution >= 0.6 is 35.6 Å². The molecule has 1 fully saturated rings. The number of carbonyl (C=O) groups is 2. The molecule has 0 aliphatic carbocycles. The van der Waals surface area contributed by atoms with Gasteiger partial charge >= 0.3 is 5.97 Å². The third-order valence-corrected chi connectivity index (χ3v) is 8.54. The molecule has 1 saturated heterocycles. The topological polar surface area (TPSA) is 84.7 Å². The van der Waals surface area contributed by atoms with Crippen molar-refractivity contribution in [2.45, 2.75) is 57.8 Å². The van der Waals surface area contributed by atoms with E-state index < -0.39 is 5.97 Å². The number of carboxylic acids is 1. The standard InChI is InChI=1S/C31H34ClN3O4S2/c1-39-26-17-16-22(19-25(26)32)29-23(21-35(33-29)24-13-9-8-10-14-24)20-27-30(38)34(31(40)41-27)18-12-7-5-3-2-4-6-11-15-28(36)37/h8-10,13-14,16-17,19-21H,2-7,11-12,15,18H2,1H3,(H,36,37)/b27-20-. The van der Waals surface area contributed by atoms with E-state index in [1.807, 2.05) is 60.8 Å². The SMILES string of the molecule is COc1ccc(-c2nn(-c3ccccc3)cc2/C=C2\SC(=S)N(CCCCCCCCCCC(=O)O)C2=O)cc1Cl. The maximum absolute atomic E-state index is 13.3. The van der Waals surface area contributed by atoms with Crippen LogP contribution in [0.25, 0.3) is 23.0 Å². The number of halogens is 1. The third kappa shape index (κ3) is 8.44. The number of unbranched alkanes of at least 4 members (excludes halogenated alkanes) is 7. The number of aliphatic carboxylic acids is 1. The highest BCUT2D eigenvalue weighted by Crippen LogP contribution is 2.36. The van der Waals surface area contributed by atoms with Crippen molar-refractivity contribution in [2.24, 2.45) is 0 Å². The number of aromatic nitrogens is 2. The zero-order chi connectivity index (χ0) is 29.2. The third-order valence-electron chi connectivity index (χ3n) is 6.87. The molecule has 0 radical (unpaired) electrons. The van der Waals surface area contributed by atoms with E-state index in [1.54, 1.807) is 16.7 Å². The number of carboxylic acid groups (broad SMARTS) is 1. The van der Waals surface area contributed by atoms with Gasteiger partial charge in [-0.05, 0) is 49.2 Å². The Balaban J connectivity index is 1.41. The van der Waals surface area contributed by atoms with Gasteiger partial charge in [0.1, 0.15) is 15.8 Å². The average molecular weight is 612 g/mol. The number of rotatable bonds is 15. The van der Waals surface area contributed by atoms with Crippen LogP contribution in [-0.4, -0.2) is 49.6 Å². The normalized spacial score (nSPS) is 14.3. The van der Waals surface area contributed by atoms with Crippen molar-refractivity contribution in [3.8, 4) is 22.7 Å². The van der Waals surface area contributed by atoms with Crippen molar-refractivity contribution in [3.05, 3.63) is 70.2 Å². The van der Waals surface area contributed by atoms with E-state index in [0.717, 1.165) is 68.2 Å². The van der Waals surface area contributed by atoms with Crippen LogP contribution in [0.1, 0.15) is 63.4 Å². The Morgan fingerprint density at radius 1 is 1.05 bits per heavy atom. The minimum absolute atomic E-state index is 0.0791. The average Bonchev–Trinajstić information content (AvgIpc) is 3.50. The van der Waals surface area contributed by atoms with Gasteiger partial charge in [0.05, 0.1) is 22.7 Å². The van der Waals surface area contributed by atoms with Gasteiger partial charge in [0.2, 0.25) is 0 Å². The second kappa shape index (κ2) is 15.2. The molecule has 2 aromatic carbocycles. The first-order valence-electron chi connectivity index (χ1n) is 13.8. The minimum atomic E-state index is -0.722. The summed E-state index contributed by atoms with van der Waals surface area (Å²) in [6.45, 7) is 0.602. The Hall–Kier alpha value is -3.14. The number of ether oxygens (including phenoxy) is 1. The molecule has 4 rings (SSSR count). The molecule has 0 spiro atoms. The first-order valence-corrected chi connectivity index (χ1v) is 15.4. The van der Waals surface area contributed by atoms with Crippen molar-refractivity contribution in [1.82, 2.24) is 14.7 Å². The number of benzene rings is 2. The smallest absolute Gasteiger partial charge is 0.303 e. The maximum Gasteiger partial charge on any atom is 0.303 e. The van der Waals surface area contributed by atoms with Crippen molar-refractivity contribution >= 4 is 57.9 Å². The number of para-hydroxylation sites is 1. The van der Waals surface area contributed by atoms with E-state index in [4.69, 9.17) is 38.8 Å². The lowest BCUT2D eigenvalue weighted by Gasteiger charge is -2.14. The summed E-state index contributed by atoms with van der Waals surface area (Å²) in [5.74, 6) is -0.221. The summed E-state index contributed by atoms with van der Waals surface area (Å²) in [5.41, 5.74) is 3.21.